The van der Waals surface area contributed by atoms with E-state index in [4.69, 9.17) is 16.3 Å². The fourth-order valence-electron chi connectivity index (χ4n) is 1.59. The van der Waals surface area contributed by atoms with Crippen molar-refractivity contribution in [1.82, 2.24) is 4.90 Å². The standard InChI is InChI=1S/C14H16ClF2NO3/c1-14(2,3)21-13(20)18(4)10(7-19)8-5-6-9(16)11(15)12(8)17/h5-7,10H,1-4H3. The third-order valence-corrected chi connectivity index (χ3v) is 2.96. The molecule has 0 fully saturated rings. The van der Waals surface area contributed by atoms with Gasteiger partial charge in [-0.3, -0.25) is 4.90 Å². The molecule has 0 aromatic heterocycles. The zero-order valence-electron chi connectivity index (χ0n) is 12.1. The maximum absolute atomic E-state index is 14.0. The van der Waals surface area contributed by atoms with Gasteiger partial charge in [0.25, 0.3) is 0 Å². The lowest BCUT2D eigenvalue weighted by Gasteiger charge is -2.28. The highest BCUT2D eigenvalue weighted by Gasteiger charge is 2.29. The number of carbonyl (C=O) groups is 2. The van der Waals surface area contributed by atoms with E-state index in [2.05, 4.69) is 0 Å². The molecule has 1 atom stereocenters. The van der Waals surface area contributed by atoms with Crippen molar-refractivity contribution in [3.63, 3.8) is 0 Å². The van der Waals surface area contributed by atoms with Gasteiger partial charge in [0.15, 0.2) is 5.82 Å². The predicted octanol–water partition coefficient (Wildman–Crippen LogP) is 3.73. The molecule has 0 radical (unpaired) electrons. The molecule has 0 N–H and O–H groups in total. The van der Waals surface area contributed by atoms with Gasteiger partial charge in [-0.1, -0.05) is 17.7 Å². The fraction of sp³-hybridized carbons (Fsp3) is 0.429. The van der Waals surface area contributed by atoms with Crippen LogP contribution >= 0.6 is 11.6 Å². The van der Waals surface area contributed by atoms with Gasteiger partial charge in [0.1, 0.15) is 28.8 Å². The largest absolute Gasteiger partial charge is 0.444 e. The average molecular weight is 320 g/mol. The maximum Gasteiger partial charge on any atom is 0.410 e. The van der Waals surface area contributed by atoms with Crippen molar-refractivity contribution in [3.05, 3.63) is 34.4 Å². The molecule has 0 aliphatic rings. The molecule has 0 saturated heterocycles. The minimum absolute atomic E-state index is 0.204. The van der Waals surface area contributed by atoms with Gasteiger partial charge < -0.3 is 9.53 Å². The summed E-state index contributed by atoms with van der Waals surface area (Å²) in [6.07, 6.45) is -0.448. The van der Waals surface area contributed by atoms with Gasteiger partial charge in [-0.05, 0) is 26.8 Å². The fourth-order valence-corrected chi connectivity index (χ4v) is 1.76. The Morgan fingerprint density at radius 2 is 1.95 bits per heavy atom. The molecule has 21 heavy (non-hydrogen) atoms. The highest BCUT2D eigenvalue weighted by atomic mass is 35.5. The van der Waals surface area contributed by atoms with Crippen LogP contribution in [0.3, 0.4) is 0 Å². The molecule has 1 aromatic carbocycles. The summed E-state index contributed by atoms with van der Waals surface area (Å²) in [6, 6.07) is 0.731. The quantitative estimate of drug-likeness (QED) is 0.630. The lowest BCUT2D eigenvalue weighted by Crippen LogP contribution is -2.37. The van der Waals surface area contributed by atoms with Crippen molar-refractivity contribution < 1.29 is 23.1 Å². The Balaban J connectivity index is 3.11. The van der Waals surface area contributed by atoms with Crippen molar-refractivity contribution in [1.29, 1.82) is 0 Å². The molecule has 0 spiro atoms. The van der Waals surface area contributed by atoms with Crippen LogP contribution in [0.25, 0.3) is 0 Å². The molecule has 1 rings (SSSR count). The summed E-state index contributed by atoms with van der Waals surface area (Å²) in [5.74, 6) is -2.02. The second-order valence-electron chi connectivity index (χ2n) is 5.44. The van der Waals surface area contributed by atoms with E-state index in [1.165, 1.54) is 7.05 Å². The molecule has 4 nitrogen and oxygen atoms in total. The molecule has 1 aromatic rings. The van der Waals surface area contributed by atoms with Crippen molar-refractivity contribution in [2.75, 3.05) is 7.05 Å². The van der Waals surface area contributed by atoms with E-state index in [9.17, 15) is 18.4 Å². The highest BCUT2D eigenvalue weighted by Crippen LogP contribution is 2.28. The third kappa shape index (κ3) is 4.14. The second kappa shape index (κ2) is 6.39. The number of ether oxygens (including phenoxy) is 1. The number of nitrogens with zero attached hydrogens (tertiary/aromatic N) is 1. The van der Waals surface area contributed by atoms with Crippen LogP contribution in [0.4, 0.5) is 13.6 Å². The van der Waals surface area contributed by atoms with Crippen LogP contribution in [-0.2, 0) is 9.53 Å². The summed E-state index contributed by atoms with van der Waals surface area (Å²) in [4.78, 5) is 24.0. The van der Waals surface area contributed by atoms with E-state index in [1.54, 1.807) is 20.8 Å². The van der Waals surface area contributed by atoms with Gasteiger partial charge in [0.2, 0.25) is 0 Å². The molecule has 0 heterocycles. The van der Waals surface area contributed by atoms with Gasteiger partial charge in [0, 0.05) is 12.6 Å². The minimum atomic E-state index is -1.27. The second-order valence-corrected chi connectivity index (χ2v) is 5.81. The van der Waals surface area contributed by atoms with Crippen LogP contribution in [-0.4, -0.2) is 29.9 Å². The number of hydrogen-bond donors (Lipinski definition) is 0. The Morgan fingerprint density at radius 3 is 2.43 bits per heavy atom. The van der Waals surface area contributed by atoms with Crippen molar-refractivity contribution in [2.45, 2.75) is 32.4 Å². The summed E-state index contributed by atoms with van der Waals surface area (Å²) in [5, 5.41) is -0.725. The lowest BCUT2D eigenvalue weighted by atomic mass is 10.1. The molecule has 1 amide bonds. The average Bonchev–Trinajstić information content (AvgIpc) is 2.37. The normalized spacial score (nSPS) is 12.7. The Morgan fingerprint density at radius 1 is 1.38 bits per heavy atom. The molecule has 0 aliphatic heterocycles. The smallest absolute Gasteiger partial charge is 0.410 e. The number of benzene rings is 1. The minimum Gasteiger partial charge on any atom is -0.444 e. The first-order valence-corrected chi connectivity index (χ1v) is 6.50. The van der Waals surface area contributed by atoms with Crippen molar-refractivity contribution in [3.8, 4) is 0 Å². The molecule has 0 aliphatic carbocycles. The van der Waals surface area contributed by atoms with Crippen LogP contribution in [0.1, 0.15) is 32.4 Å². The van der Waals surface area contributed by atoms with E-state index < -0.39 is 34.4 Å². The van der Waals surface area contributed by atoms with Gasteiger partial charge in [0.05, 0.1) is 0 Å². The van der Waals surface area contributed by atoms with Crippen LogP contribution < -0.4 is 0 Å². The first-order valence-electron chi connectivity index (χ1n) is 6.13. The summed E-state index contributed by atoms with van der Waals surface area (Å²) < 4.78 is 32.2. The number of halogens is 3. The molecule has 1 unspecified atom stereocenters. The summed E-state index contributed by atoms with van der Waals surface area (Å²) in [5.41, 5.74) is -0.970. The van der Waals surface area contributed by atoms with Gasteiger partial charge >= 0.3 is 6.09 Å². The van der Waals surface area contributed by atoms with Crippen molar-refractivity contribution in [2.24, 2.45) is 0 Å². The van der Waals surface area contributed by atoms with E-state index in [0.29, 0.717) is 6.29 Å². The lowest BCUT2D eigenvalue weighted by molar-refractivity contribution is -0.112. The number of likely N-dealkylation sites (N-methyl/N-ethyl adjacent to an activating group) is 1. The van der Waals surface area contributed by atoms with Crippen LogP contribution in [0.5, 0.6) is 0 Å². The molecule has 7 heteroatoms. The number of amides is 1. The van der Waals surface area contributed by atoms with Gasteiger partial charge in [-0.25, -0.2) is 13.6 Å². The number of hydrogen-bond acceptors (Lipinski definition) is 3. The molecule has 116 valence electrons. The zero-order valence-corrected chi connectivity index (χ0v) is 12.9. The molecule has 0 bridgehead atoms. The molecular formula is C14H16ClF2NO3. The van der Waals surface area contributed by atoms with E-state index in [1.807, 2.05) is 0 Å². The van der Waals surface area contributed by atoms with Crippen molar-refractivity contribution >= 4 is 24.0 Å². The zero-order chi connectivity index (χ0) is 16.4. The monoisotopic (exact) mass is 319 g/mol. The van der Waals surface area contributed by atoms with Gasteiger partial charge in [-0.15, -0.1) is 0 Å². The summed E-state index contributed by atoms with van der Waals surface area (Å²) in [7, 11) is 1.28. The summed E-state index contributed by atoms with van der Waals surface area (Å²) in [6.45, 7) is 4.97. The Labute approximate surface area is 126 Å². The Kier molecular flexibility index (Phi) is 5.28. The van der Waals surface area contributed by atoms with E-state index in [0.717, 1.165) is 17.0 Å². The van der Waals surface area contributed by atoms with E-state index in [-0.39, 0.29) is 5.56 Å². The highest BCUT2D eigenvalue weighted by molar-refractivity contribution is 6.31. The SMILES string of the molecule is CN(C(=O)OC(C)(C)C)C(C=O)c1ccc(F)c(Cl)c1F. The number of rotatable bonds is 3. The Hall–Kier alpha value is -1.69. The predicted molar refractivity (Wildman–Crippen MR) is 74.2 cm³/mol. The van der Waals surface area contributed by atoms with Crippen LogP contribution in [0.2, 0.25) is 5.02 Å². The molecule has 0 saturated carbocycles. The Bertz CT molecular complexity index is 558. The third-order valence-electron chi connectivity index (χ3n) is 2.61. The maximum atomic E-state index is 14.0. The summed E-state index contributed by atoms with van der Waals surface area (Å²) >= 11 is 5.47. The van der Waals surface area contributed by atoms with Crippen LogP contribution in [0, 0.1) is 11.6 Å². The topological polar surface area (TPSA) is 46.6 Å². The number of aldehydes is 1. The number of carbonyl (C=O) groups excluding carboxylic acids is 2. The first kappa shape index (κ1) is 17.4. The van der Waals surface area contributed by atoms with E-state index >= 15 is 0 Å². The molecular weight excluding hydrogens is 304 g/mol. The van der Waals surface area contributed by atoms with Crippen LogP contribution in [0.15, 0.2) is 12.1 Å². The van der Waals surface area contributed by atoms with Gasteiger partial charge in [-0.2, -0.15) is 0 Å². The first-order chi connectivity index (χ1) is 9.58.